The summed E-state index contributed by atoms with van der Waals surface area (Å²) in [5.41, 5.74) is 1.05. The number of halogens is 1. The SMILES string of the molecule is CC[C@@H]1C[C@H]1C(O)c1ccc(Br)cc1. The van der Waals surface area contributed by atoms with E-state index in [0.29, 0.717) is 5.92 Å². The van der Waals surface area contributed by atoms with Crippen LogP contribution in [-0.2, 0) is 0 Å². The van der Waals surface area contributed by atoms with Crippen LogP contribution in [0.4, 0.5) is 0 Å². The first-order valence-corrected chi connectivity index (χ1v) is 5.95. The highest BCUT2D eigenvalue weighted by Gasteiger charge is 2.41. The third-order valence-corrected chi connectivity index (χ3v) is 3.65. The van der Waals surface area contributed by atoms with Crippen LogP contribution in [0.3, 0.4) is 0 Å². The zero-order chi connectivity index (χ0) is 10.1. The molecular weight excluding hydrogens is 240 g/mol. The topological polar surface area (TPSA) is 20.2 Å². The molecule has 1 aromatic rings. The molecule has 0 aromatic heterocycles. The monoisotopic (exact) mass is 254 g/mol. The van der Waals surface area contributed by atoms with Crippen molar-refractivity contribution in [3.05, 3.63) is 34.3 Å². The molecule has 2 heteroatoms. The minimum Gasteiger partial charge on any atom is -0.388 e. The van der Waals surface area contributed by atoms with E-state index in [1.165, 1.54) is 12.8 Å². The summed E-state index contributed by atoms with van der Waals surface area (Å²) in [4.78, 5) is 0. The minimum absolute atomic E-state index is 0.256. The van der Waals surface area contributed by atoms with Gasteiger partial charge in [-0.3, -0.25) is 0 Å². The highest BCUT2D eigenvalue weighted by atomic mass is 79.9. The highest BCUT2D eigenvalue weighted by Crippen LogP contribution is 2.49. The van der Waals surface area contributed by atoms with E-state index in [1.54, 1.807) is 0 Å². The molecule has 0 amide bonds. The molecule has 1 N–H and O–H groups in total. The Hall–Kier alpha value is -0.340. The Balaban J connectivity index is 2.05. The first-order valence-electron chi connectivity index (χ1n) is 5.16. The van der Waals surface area contributed by atoms with Crippen molar-refractivity contribution in [2.24, 2.45) is 11.8 Å². The second kappa shape index (κ2) is 4.03. The van der Waals surface area contributed by atoms with Crippen LogP contribution in [0, 0.1) is 11.8 Å². The lowest BCUT2D eigenvalue weighted by Crippen LogP contribution is -2.00. The molecule has 1 aliphatic carbocycles. The lowest BCUT2D eigenvalue weighted by molar-refractivity contribution is 0.146. The molecule has 1 nitrogen and oxygen atoms in total. The van der Waals surface area contributed by atoms with Crippen molar-refractivity contribution in [2.45, 2.75) is 25.9 Å². The van der Waals surface area contributed by atoms with E-state index in [-0.39, 0.29) is 6.10 Å². The number of benzene rings is 1. The summed E-state index contributed by atoms with van der Waals surface area (Å²) in [6, 6.07) is 7.98. The van der Waals surface area contributed by atoms with Crippen molar-refractivity contribution in [1.82, 2.24) is 0 Å². The zero-order valence-corrected chi connectivity index (χ0v) is 9.87. The number of aliphatic hydroxyl groups is 1. The van der Waals surface area contributed by atoms with E-state index in [0.717, 1.165) is 16.0 Å². The van der Waals surface area contributed by atoms with Crippen molar-refractivity contribution >= 4 is 15.9 Å². The van der Waals surface area contributed by atoms with Gasteiger partial charge in [0.15, 0.2) is 0 Å². The van der Waals surface area contributed by atoms with Gasteiger partial charge in [0.25, 0.3) is 0 Å². The van der Waals surface area contributed by atoms with Gasteiger partial charge in [-0.15, -0.1) is 0 Å². The van der Waals surface area contributed by atoms with Crippen LogP contribution in [-0.4, -0.2) is 5.11 Å². The quantitative estimate of drug-likeness (QED) is 0.876. The Bertz CT molecular complexity index is 307. The average molecular weight is 255 g/mol. The van der Waals surface area contributed by atoms with Crippen molar-refractivity contribution < 1.29 is 5.11 Å². The van der Waals surface area contributed by atoms with E-state index in [1.807, 2.05) is 24.3 Å². The molecule has 0 bridgehead atoms. The minimum atomic E-state index is -0.256. The van der Waals surface area contributed by atoms with Crippen molar-refractivity contribution in [2.75, 3.05) is 0 Å². The maximum absolute atomic E-state index is 10.0. The van der Waals surface area contributed by atoms with Gasteiger partial charge >= 0.3 is 0 Å². The molecule has 2 rings (SSSR count). The number of hydrogen-bond donors (Lipinski definition) is 1. The van der Waals surface area contributed by atoms with Gasteiger partial charge in [0.1, 0.15) is 0 Å². The van der Waals surface area contributed by atoms with Crippen LogP contribution in [0.2, 0.25) is 0 Å². The number of hydrogen-bond acceptors (Lipinski definition) is 1. The van der Waals surface area contributed by atoms with E-state index in [9.17, 15) is 5.11 Å². The lowest BCUT2D eigenvalue weighted by atomic mass is 10.0. The van der Waals surface area contributed by atoms with Crippen molar-refractivity contribution in [1.29, 1.82) is 0 Å². The van der Waals surface area contributed by atoms with E-state index in [4.69, 9.17) is 0 Å². The molecule has 1 saturated carbocycles. The van der Waals surface area contributed by atoms with Crippen LogP contribution in [0.1, 0.15) is 31.4 Å². The van der Waals surface area contributed by atoms with Gasteiger partial charge in [-0.2, -0.15) is 0 Å². The number of aliphatic hydroxyl groups excluding tert-OH is 1. The molecule has 14 heavy (non-hydrogen) atoms. The standard InChI is InChI=1S/C12H15BrO/c1-2-8-7-11(8)12(14)9-3-5-10(13)6-4-9/h3-6,8,11-12,14H,2,7H2,1H3/t8-,11-,12?/m1/s1. The van der Waals surface area contributed by atoms with Crippen LogP contribution in [0.5, 0.6) is 0 Å². The fraction of sp³-hybridized carbons (Fsp3) is 0.500. The van der Waals surface area contributed by atoms with Gasteiger partial charge in [0, 0.05) is 4.47 Å². The first kappa shape index (κ1) is 10.2. The molecule has 0 radical (unpaired) electrons. The summed E-state index contributed by atoms with van der Waals surface area (Å²) < 4.78 is 1.07. The van der Waals surface area contributed by atoms with Crippen LogP contribution < -0.4 is 0 Å². The molecule has 0 heterocycles. The summed E-state index contributed by atoms with van der Waals surface area (Å²) in [5.74, 6) is 1.25. The van der Waals surface area contributed by atoms with Gasteiger partial charge in [0.2, 0.25) is 0 Å². The van der Waals surface area contributed by atoms with E-state index >= 15 is 0 Å². The summed E-state index contributed by atoms with van der Waals surface area (Å²) in [6.07, 6.45) is 2.12. The fourth-order valence-corrected chi connectivity index (χ4v) is 2.30. The molecule has 0 saturated heterocycles. The van der Waals surface area contributed by atoms with Gasteiger partial charge in [-0.25, -0.2) is 0 Å². The van der Waals surface area contributed by atoms with Crippen LogP contribution in [0.25, 0.3) is 0 Å². The van der Waals surface area contributed by atoms with E-state index in [2.05, 4.69) is 22.9 Å². The predicted octanol–water partition coefficient (Wildman–Crippen LogP) is 3.53. The molecular formula is C12H15BrO. The molecule has 76 valence electrons. The smallest absolute Gasteiger partial charge is 0.0820 e. The summed E-state index contributed by atoms with van der Waals surface area (Å²) >= 11 is 3.39. The third-order valence-electron chi connectivity index (χ3n) is 3.12. The Labute approximate surface area is 93.3 Å². The largest absolute Gasteiger partial charge is 0.388 e. The van der Waals surface area contributed by atoms with Crippen molar-refractivity contribution in [3.63, 3.8) is 0 Å². The van der Waals surface area contributed by atoms with Gasteiger partial charge in [-0.1, -0.05) is 41.4 Å². The second-order valence-corrected chi connectivity index (χ2v) is 4.98. The summed E-state index contributed by atoms with van der Waals surface area (Å²) in [7, 11) is 0. The molecule has 3 atom stereocenters. The van der Waals surface area contributed by atoms with Gasteiger partial charge < -0.3 is 5.11 Å². The highest BCUT2D eigenvalue weighted by molar-refractivity contribution is 9.10. The zero-order valence-electron chi connectivity index (χ0n) is 8.28. The first-order chi connectivity index (χ1) is 6.72. The number of rotatable bonds is 3. The van der Waals surface area contributed by atoms with E-state index < -0.39 is 0 Å². The average Bonchev–Trinajstić information content (AvgIpc) is 2.97. The lowest BCUT2D eigenvalue weighted by Gasteiger charge is -2.10. The maximum atomic E-state index is 10.0. The Kier molecular flexibility index (Phi) is 2.93. The summed E-state index contributed by atoms with van der Waals surface area (Å²) in [6.45, 7) is 2.19. The Morgan fingerprint density at radius 1 is 1.43 bits per heavy atom. The van der Waals surface area contributed by atoms with Crippen LogP contribution in [0.15, 0.2) is 28.7 Å². The molecule has 1 fully saturated rings. The Morgan fingerprint density at radius 2 is 2.07 bits per heavy atom. The molecule has 1 unspecified atom stereocenters. The molecule has 1 aromatic carbocycles. The van der Waals surface area contributed by atoms with Gasteiger partial charge in [0.05, 0.1) is 6.10 Å². The molecule has 0 spiro atoms. The normalized spacial score (nSPS) is 27.4. The van der Waals surface area contributed by atoms with Gasteiger partial charge in [-0.05, 0) is 36.0 Å². The third kappa shape index (κ3) is 2.01. The predicted molar refractivity (Wildman–Crippen MR) is 61.0 cm³/mol. The summed E-state index contributed by atoms with van der Waals surface area (Å²) in [5, 5.41) is 10.0. The fourth-order valence-electron chi connectivity index (χ4n) is 2.03. The molecule has 0 aliphatic heterocycles. The molecule has 1 aliphatic rings. The van der Waals surface area contributed by atoms with Crippen molar-refractivity contribution in [3.8, 4) is 0 Å². The maximum Gasteiger partial charge on any atom is 0.0820 e. The Morgan fingerprint density at radius 3 is 2.57 bits per heavy atom. The second-order valence-electron chi connectivity index (χ2n) is 4.06. The van der Waals surface area contributed by atoms with Crippen LogP contribution >= 0.6 is 15.9 Å².